The molecule has 1 rings (SSSR count). The molecule has 13 heavy (non-hydrogen) atoms. The monoisotopic (exact) mass is 204 g/mol. The van der Waals surface area contributed by atoms with Crippen LogP contribution in [0.25, 0.3) is 0 Å². The Morgan fingerprint density at radius 2 is 2.31 bits per heavy atom. The highest BCUT2D eigenvalue weighted by Gasteiger charge is 2.02. The van der Waals surface area contributed by atoms with Crippen LogP contribution in [-0.2, 0) is 0 Å². The van der Waals surface area contributed by atoms with Gasteiger partial charge in [0.25, 0.3) is 0 Å². The Labute approximate surface area is 80.9 Å². The first-order chi connectivity index (χ1) is 6.09. The number of hydrogen-bond acceptors (Lipinski definition) is 2. The van der Waals surface area contributed by atoms with Crippen LogP contribution in [0.4, 0.5) is 4.39 Å². The summed E-state index contributed by atoms with van der Waals surface area (Å²) in [5.74, 6) is -0.0293. The fourth-order valence-corrected chi connectivity index (χ4v) is 0.954. The van der Waals surface area contributed by atoms with Crippen LogP contribution in [-0.4, -0.2) is 17.8 Å². The van der Waals surface area contributed by atoms with E-state index in [1.165, 1.54) is 18.2 Å². The van der Waals surface area contributed by atoms with E-state index < -0.39 is 11.9 Å². The van der Waals surface area contributed by atoms with Crippen molar-refractivity contribution in [3.8, 4) is 5.75 Å². The third-order valence-electron chi connectivity index (χ3n) is 1.38. The van der Waals surface area contributed by atoms with Gasteiger partial charge in [0.15, 0.2) is 0 Å². The molecule has 0 aliphatic carbocycles. The molecule has 72 valence electrons. The van der Waals surface area contributed by atoms with Gasteiger partial charge in [-0.2, -0.15) is 0 Å². The maximum absolute atomic E-state index is 12.7. The molecule has 0 bridgehead atoms. The van der Waals surface area contributed by atoms with E-state index in [0.29, 0.717) is 5.75 Å². The van der Waals surface area contributed by atoms with Gasteiger partial charge in [-0.05, 0) is 19.1 Å². The Morgan fingerprint density at radius 3 is 2.85 bits per heavy atom. The van der Waals surface area contributed by atoms with Gasteiger partial charge in [-0.3, -0.25) is 0 Å². The highest BCUT2D eigenvalue weighted by atomic mass is 35.5. The van der Waals surface area contributed by atoms with Gasteiger partial charge in [0.1, 0.15) is 18.2 Å². The zero-order valence-electron chi connectivity index (χ0n) is 7.13. The Bertz CT molecular complexity index is 289. The summed E-state index contributed by atoms with van der Waals surface area (Å²) < 4.78 is 17.8. The Morgan fingerprint density at radius 1 is 1.62 bits per heavy atom. The summed E-state index contributed by atoms with van der Waals surface area (Å²) in [4.78, 5) is 0. The van der Waals surface area contributed by atoms with E-state index in [1.807, 2.05) is 0 Å². The van der Waals surface area contributed by atoms with E-state index in [9.17, 15) is 4.39 Å². The molecule has 0 heterocycles. The van der Waals surface area contributed by atoms with Crippen LogP contribution in [0, 0.1) is 5.82 Å². The van der Waals surface area contributed by atoms with Gasteiger partial charge in [0.2, 0.25) is 0 Å². The van der Waals surface area contributed by atoms with E-state index in [2.05, 4.69) is 0 Å². The predicted molar refractivity (Wildman–Crippen MR) is 48.6 cm³/mol. The number of hydrogen-bond donors (Lipinski definition) is 1. The Kier molecular flexibility index (Phi) is 3.51. The first-order valence-corrected chi connectivity index (χ1v) is 4.23. The lowest BCUT2D eigenvalue weighted by atomic mass is 10.3. The Hall–Kier alpha value is -0.800. The molecule has 1 aromatic carbocycles. The minimum atomic E-state index is -0.552. The first-order valence-electron chi connectivity index (χ1n) is 3.85. The second kappa shape index (κ2) is 4.44. The minimum absolute atomic E-state index is 0.0168. The van der Waals surface area contributed by atoms with Gasteiger partial charge in [0, 0.05) is 6.07 Å². The van der Waals surface area contributed by atoms with Crippen molar-refractivity contribution in [1.29, 1.82) is 0 Å². The van der Waals surface area contributed by atoms with Crippen LogP contribution < -0.4 is 4.74 Å². The lowest BCUT2D eigenvalue weighted by Crippen LogP contribution is -2.12. The third kappa shape index (κ3) is 3.20. The zero-order chi connectivity index (χ0) is 9.84. The molecule has 0 aliphatic rings. The van der Waals surface area contributed by atoms with Crippen LogP contribution in [0.5, 0.6) is 5.75 Å². The van der Waals surface area contributed by atoms with Crippen LogP contribution >= 0.6 is 11.6 Å². The number of aliphatic hydroxyl groups is 1. The van der Waals surface area contributed by atoms with Crippen LogP contribution in [0.15, 0.2) is 18.2 Å². The molecule has 0 unspecified atom stereocenters. The molecule has 0 radical (unpaired) electrons. The van der Waals surface area contributed by atoms with Crippen molar-refractivity contribution in [3.05, 3.63) is 29.0 Å². The molecule has 1 aromatic rings. The largest absolute Gasteiger partial charge is 0.491 e. The second-order valence-corrected chi connectivity index (χ2v) is 3.14. The van der Waals surface area contributed by atoms with Crippen LogP contribution in [0.1, 0.15) is 6.92 Å². The predicted octanol–water partition coefficient (Wildman–Crippen LogP) is 2.24. The smallest absolute Gasteiger partial charge is 0.142 e. The number of halogens is 2. The topological polar surface area (TPSA) is 29.5 Å². The van der Waals surface area contributed by atoms with E-state index in [4.69, 9.17) is 21.4 Å². The van der Waals surface area contributed by atoms with Crippen molar-refractivity contribution in [2.45, 2.75) is 13.0 Å². The van der Waals surface area contributed by atoms with Gasteiger partial charge < -0.3 is 9.84 Å². The fourth-order valence-electron chi connectivity index (χ4n) is 0.783. The molecule has 1 atom stereocenters. The summed E-state index contributed by atoms with van der Waals surface area (Å²) in [6.45, 7) is 1.77. The molecular weight excluding hydrogens is 195 g/mol. The lowest BCUT2D eigenvalue weighted by molar-refractivity contribution is 0.122. The van der Waals surface area contributed by atoms with Crippen molar-refractivity contribution in [3.63, 3.8) is 0 Å². The van der Waals surface area contributed by atoms with E-state index in [0.717, 1.165) is 0 Å². The first kappa shape index (κ1) is 10.3. The van der Waals surface area contributed by atoms with Crippen LogP contribution in [0.2, 0.25) is 5.02 Å². The van der Waals surface area contributed by atoms with Crippen molar-refractivity contribution in [2.24, 2.45) is 0 Å². The Balaban J connectivity index is 2.63. The van der Waals surface area contributed by atoms with Gasteiger partial charge in [0.05, 0.1) is 11.1 Å². The molecule has 0 fully saturated rings. The molecular formula is C9H10ClFO2. The summed E-state index contributed by atoms with van der Waals surface area (Å²) in [5.41, 5.74) is 0. The van der Waals surface area contributed by atoms with Crippen molar-refractivity contribution in [1.82, 2.24) is 0 Å². The molecule has 0 amide bonds. The lowest BCUT2D eigenvalue weighted by Gasteiger charge is -2.07. The summed E-state index contributed by atoms with van der Waals surface area (Å²) in [6.07, 6.45) is -0.552. The maximum Gasteiger partial charge on any atom is 0.142 e. The number of ether oxygens (including phenoxy) is 1. The summed E-state index contributed by atoms with van der Waals surface area (Å²) in [7, 11) is 0. The van der Waals surface area contributed by atoms with E-state index in [1.54, 1.807) is 6.92 Å². The summed E-state index contributed by atoms with van der Waals surface area (Å²) >= 11 is 5.51. The molecule has 0 aliphatic heterocycles. The highest BCUT2D eigenvalue weighted by Crippen LogP contribution is 2.20. The highest BCUT2D eigenvalue weighted by molar-refractivity contribution is 6.30. The van der Waals surface area contributed by atoms with Gasteiger partial charge in [-0.1, -0.05) is 11.6 Å². The number of benzene rings is 1. The molecule has 2 nitrogen and oxygen atoms in total. The number of aliphatic hydroxyl groups excluding tert-OH is 1. The van der Waals surface area contributed by atoms with Crippen molar-refractivity contribution in [2.75, 3.05) is 6.61 Å². The van der Waals surface area contributed by atoms with Crippen molar-refractivity contribution < 1.29 is 14.2 Å². The number of rotatable bonds is 3. The SMILES string of the molecule is C[C@@H](O)COc1ccc(F)c(Cl)c1. The summed E-state index contributed by atoms with van der Waals surface area (Å²) in [6, 6.07) is 4.06. The standard InChI is InChI=1S/C9H10ClFO2/c1-6(12)5-13-7-2-3-9(11)8(10)4-7/h2-4,6,12H,5H2,1H3/t6-/m1/s1. The molecule has 0 saturated carbocycles. The minimum Gasteiger partial charge on any atom is -0.491 e. The van der Waals surface area contributed by atoms with Crippen LogP contribution in [0.3, 0.4) is 0 Å². The molecule has 0 saturated heterocycles. The normalized spacial score (nSPS) is 12.6. The fraction of sp³-hybridized carbons (Fsp3) is 0.333. The average molecular weight is 205 g/mol. The average Bonchev–Trinajstić information content (AvgIpc) is 2.07. The molecule has 1 N–H and O–H groups in total. The van der Waals surface area contributed by atoms with Crippen molar-refractivity contribution >= 4 is 11.6 Å². The zero-order valence-corrected chi connectivity index (χ0v) is 7.88. The summed E-state index contributed by atoms with van der Waals surface area (Å²) in [5, 5.41) is 8.92. The quantitative estimate of drug-likeness (QED) is 0.818. The van der Waals surface area contributed by atoms with Gasteiger partial charge in [-0.15, -0.1) is 0 Å². The molecule has 4 heteroatoms. The van der Waals surface area contributed by atoms with Gasteiger partial charge >= 0.3 is 0 Å². The molecule has 0 spiro atoms. The molecule has 0 aromatic heterocycles. The van der Waals surface area contributed by atoms with E-state index >= 15 is 0 Å². The maximum atomic E-state index is 12.7. The third-order valence-corrected chi connectivity index (χ3v) is 1.67. The van der Waals surface area contributed by atoms with E-state index in [-0.39, 0.29) is 11.6 Å². The second-order valence-electron chi connectivity index (χ2n) is 2.74. The van der Waals surface area contributed by atoms with Gasteiger partial charge in [-0.25, -0.2) is 4.39 Å².